The molecular weight excluding hydrogens is 483 g/mol. The standard InChI is InChI=1S/C13H18N3O12P3/c1-7-4-16(13-12(7)8(2)14-6-15-13)11-3-9(17)10(26-11)5-25-30(21,22)28-31(23,24)27-29(18,19)20/h4,6,9-11,17H,1,3,5H2,2H3,(H3-,18,19,20,21,22,23,24)/p+1. The highest BCUT2D eigenvalue weighted by Gasteiger charge is 2.45. The van der Waals surface area contributed by atoms with Crippen LogP contribution in [0.25, 0.3) is 5.57 Å². The topological polar surface area (TPSA) is 218 Å². The number of fused-ring (bicyclic) bond motifs is 1. The van der Waals surface area contributed by atoms with Gasteiger partial charge in [0.2, 0.25) is 12.6 Å². The van der Waals surface area contributed by atoms with Crippen LogP contribution in [0.5, 0.6) is 0 Å². The number of phosphoric acid groups is 3. The molecule has 2 aliphatic rings. The summed E-state index contributed by atoms with van der Waals surface area (Å²) in [4.78, 5) is 44.0. The van der Waals surface area contributed by atoms with Crippen LogP contribution in [0.4, 0.5) is 5.82 Å². The van der Waals surface area contributed by atoms with Crippen LogP contribution in [0.1, 0.15) is 17.7 Å². The Bertz CT molecular complexity index is 1070. The van der Waals surface area contributed by atoms with Crippen LogP contribution in [-0.2, 0) is 31.6 Å². The lowest BCUT2D eigenvalue weighted by Crippen LogP contribution is -2.27. The SMILES string of the molecule is C=C1C=[N+](C2CC(O)C(COP(=O)(O)OP(=O)(O)OP(=O)(O)O)O2)c2ncnc(C)c21. The Kier molecular flexibility index (Phi) is 6.82. The van der Waals surface area contributed by atoms with Crippen LogP contribution in [0.15, 0.2) is 12.9 Å². The van der Waals surface area contributed by atoms with Gasteiger partial charge < -0.3 is 29.4 Å². The van der Waals surface area contributed by atoms with E-state index in [0.717, 1.165) is 0 Å². The Balaban J connectivity index is 1.64. The molecule has 18 heteroatoms. The fourth-order valence-electron chi connectivity index (χ4n) is 3.05. The molecule has 0 amide bonds. The number of hydrogen-bond donors (Lipinski definition) is 5. The van der Waals surface area contributed by atoms with E-state index in [2.05, 4.69) is 29.7 Å². The third kappa shape index (κ3) is 5.99. The van der Waals surface area contributed by atoms with E-state index in [1.807, 2.05) is 0 Å². The van der Waals surface area contributed by atoms with Gasteiger partial charge in [-0.15, -0.1) is 0 Å². The molecule has 1 fully saturated rings. The number of ether oxygens (including phenoxy) is 1. The molecule has 5 N–H and O–H groups in total. The first-order valence-electron chi connectivity index (χ1n) is 8.43. The van der Waals surface area contributed by atoms with Gasteiger partial charge in [0.15, 0.2) is 0 Å². The molecule has 2 aliphatic heterocycles. The zero-order chi connectivity index (χ0) is 23.2. The maximum absolute atomic E-state index is 11.8. The second-order valence-corrected chi connectivity index (χ2v) is 11.0. The lowest BCUT2D eigenvalue weighted by Gasteiger charge is -2.19. The number of nitrogens with zero attached hydrogens (tertiary/aromatic N) is 3. The highest BCUT2D eigenvalue weighted by molar-refractivity contribution is 7.66. The number of allylic oxidation sites excluding steroid dienone is 1. The Morgan fingerprint density at radius 3 is 2.52 bits per heavy atom. The van der Waals surface area contributed by atoms with Crippen LogP contribution in [0, 0.1) is 6.92 Å². The summed E-state index contributed by atoms with van der Waals surface area (Å²) in [5.74, 6) is 0.503. The molecule has 3 rings (SSSR count). The zero-order valence-electron chi connectivity index (χ0n) is 15.8. The smallest absolute Gasteiger partial charge is 0.390 e. The Labute approximate surface area is 175 Å². The van der Waals surface area contributed by atoms with E-state index in [4.69, 9.17) is 19.4 Å². The Hall–Kier alpha value is -1.18. The minimum absolute atomic E-state index is 0.0523. The second kappa shape index (κ2) is 8.64. The monoisotopic (exact) mass is 502 g/mol. The van der Waals surface area contributed by atoms with Gasteiger partial charge in [0.1, 0.15) is 12.3 Å². The van der Waals surface area contributed by atoms with E-state index in [-0.39, 0.29) is 6.42 Å². The van der Waals surface area contributed by atoms with E-state index in [0.29, 0.717) is 22.6 Å². The molecule has 0 aromatic carbocycles. The number of rotatable bonds is 8. The van der Waals surface area contributed by atoms with Gasteiger partial charge in [-0.2, -0.15) is 8.62 Å². The van der Waals surface area contributed by atoms with Crippen molar-refractivity contribution >= 4 is 41.1 Å². The van der Waals surface area contributed by atoms with Gasteiger partial charge in [-0.05, 0) is 11.9 Å². The van der Waals surface area contributed by atoms with Gasteiger partial charge in [0.05, 0.1) is 24.0 Å². The number of hydrogen-bond acceptors (Lipinski definition) is 10. The van der Waals surface area contributed by atoms with E-state index < -0.39 is 48.5 Å². The summed E-state index contributed by atoms with van der Waals surface area (Å²) in [5, 5.41) is 10.2. The van der Waals surface area contributed by atoms with Crippen molar-refractivity contribution in [2.75, 3.05) is 6.61 Å². The van der Waals surface area contributed by atoms with E-state index in [1.165, 1.54) is 6.33 Å². The molecule has 0 radical (unpaired) electrons. The minimum atomic E-state index is -5.63. The predicted octanol–water partition coefficient (Wildman–Crippen LogP) is 0.346. The fourth-order valence-corrected chi connectivity index (χ4v) is 6.08. The molecule has 5 atom stereocenters. The molecule has 31 heavy (non-hydrogen) atoms. The maximum Gasteiger partial charge on any atom is 0.490 e. The lowest BCUT2D eigenvalue weighted by molar-refractivity contribution is -0.535. The molecule has 1 aromatic rings. The van der Waals surface area contributed by atoms with Crippen molar-refractivity contribution in [3.63, 3.8) is 0 Å². The molecule has 3 heterocycles. The van der Waals surface area contributed by atoms with Gasteiger partial charge in [-0.25, -0.2) is 23.3 Å². The van der Waals surface area contributed by atoms with Crippen molar-refractivity contribution in [1.82, 2.24) is 9.97 Å². The minimum Gasteiger partial charge on any atom is -0.390 e. The Morgan fingerprint density at radius 2 is 1.87 bits per heavy atom. The first kappa shape index (κ1) is 24.5. The van der Waals surface area contributed by atoms with Gasteiger partial charge in [-0.1, -0.05) is 6.58 Å². The summed E-state index contributed by atoms with van der Waals surface area (Å²) in [7, 11) is -16.4. The van der Waals surface area contributed by atoms with Gasteiger partial charge in [0.25, 0.3) is 0 Å². The zero-order valence-corrected chi connectivity index (χ0v) is 18.5. The molecule has 1 aromatic heterocycles. The molecule has 172 valence electrons. The molecular formula is C13H19N3O12P3+. The quantitative estimate of drug-likeness (QED) is 0.239. The van der Waals surface area contributed by atoms with Gasteiger partial charge in [0, 0.05) is 12.0 Å². The number of aliphatic hydroxyl groups is 1. The van der Waals surface area contributed by atoms with Crippen LogP contribution in [0.2, 0.25) is 0 Å². The van der Waals surface area contributed by atoms with E-state index in [9.17, 15) is 23.7 Å². The molecule has 1 saturated heterocycles. The lowest BCUT2D eigenvalue weighted by atomic mass is 10.1. The molecule has 0 spiro atoms. The highest BCUT2D eigenvalue weighted by Crippen LogP contribution is 2.66. The van der Waals surface area contributed by atoms with Crippen molar-refractivity contribution in [1.29, 1.82) is 0 Å². The fraction of sp³-hybridized carbons (Fsp3) is 0.462. The van der Waals surface area contributed by atoms with Crippen molar-refractivity contribution in [2.45, 2.75) is 31.8 Å². The summed E-state index contributed by atoms with van der Waals surface area (Å²) in [6.45, 7) is 4.94. The first-order valence-corrected chi connectivity index (χ1v) is 13.0. The van der Waals surface area contributed by atoms with Crippen LogP contribution < -0.4 is 0 Å². The van der Waals surface area contributed by atoms with Crippen molar-refractivity contribution in [3.8, 4) is 0 Å². The largest absolute Gasteiger partial charge is 0.490 e. The van der Waals surface area contributed by atoms with Crippen LogP contribution in [-0.4, -0.2) is 70.5 Å². The molecule has 5 unspecified atom stereocenters. The van der Waals surface area contributed by atoms with Gasteiger partial charge >= 0.3 is 29.3 Å². The third-order valence-electron chi connectivity index (χ3n) is 4.21. The van der Waals surface area contributed by atoms with Crippen LogP contribution in [0.3, 0.4) is 0 Å². The molecule has 0 aliphatic carbocycles. The van der Waals surface area contributed by atoms with Crippen molar-refractivity contribution in [3.05, 3.63) is 24.2 Å². The summed E-state index contributed by atoms with van der Waals surface area (Å²) in [6, 6.07) is 0. The summed E-state index contributed by atoms with van der Waals surface area (Å²) < 4.78 is 52.8. The Morgan fingerprint density at radius 1 is 1.19 bits per heavy atom. The highest BCUT2D eigenvalue weighted by atomic mass is 31.3. The average molecular weight is 502 g/mol. The third-order valence-corrected chi connectivity index (χ3v) is 8.01. The molecule has 0 bridgehead atoms. The number of aryl methyl sites for hydroxylation is 1. The normalized spacial score (nSPS) is 27.5. The number of phosphoric ester groups is 1. The van der Waals surface area contributed by atoms with E-state index >= 15 is 0 Å². The first-order chi connectivity index (χ1) is 14.2. The summed E-state index contributed by atoms with van der Waals surface area (Å²) in [6.07, 6.45) is 0.00280. The van der Waals surface area contributed by atoms with Crippen LogP contribution >= 0.6 is 23.5 Å². The average Bonchev–Trinajstić information content (AvgIpc) is 3.11. The second-order valence-electron chi connectivity index (χ2n) is 6.54. The number of aliphatic hydroxyl groups excluding tert-OH is 1. The van der Waals surface area contributed by atoms with Crippen molar-refractivity contribution in [2.24, 2.45) is 0 Å². The molecule has 0 saturated carbocycles. The number of aromatic nitrogens is 2. The van der Waals surface area contributed by atoms with Gasteiger partial charge in [-0.3, -0.25) is 4.52 Å². The molecule has 15 nitrogen and oxygen atoms in total. The van der Waals surface area contributed by atoms with E-state index in [1.54, 1.807) is 17.7 Å². The summed E-state index contributed by atoms with van der Waals surface area (Å²) in [5.41, 5.74) is 2.02. The summed E-state index contributed by atoms with van der Waals surface area (Å²) >= 11 is 0. The maximum atomic E-state index is 11.8. The van der Waals surface area contributed by atoms with Crippen molar-refractivity contribution < 1.29 is 60.8 Å². The predicted molar refractivity (Wildman–Crippen MR) is 101 cm³/mol.